The highest BCUT2D eigenvalue weighted by Crippen LogP contribution is 2.39. The van der Waals surface area contributed by atoms with E-state index in [1.807, 2.05) is 30.3 Å². The van der Waals surface area contributed by atoms with Gasteiger partial charge in [-0.15, -0.1) is 0 Å². The molecule has 0 atom stereocenters. The van der Waals surface area contributed by atoms with Gasteiger partial charge in [-0.2, -0.15) is 0 Å². The molecule has 0 aliphatic carbocycles. The van der Waals surface area contributed by atoms with Crippen molar-refractivity contribution >= 4 is 5.57 Å². The largest absolute Gasteiger partial charge is 0.497 e. The van der Waals surface area contributed by atoms with Crippen LogP contribution in [0.5, 0.6) is 11.5 Å². The Hall–Kier alpha value is -2.22. The van der Waals surface area contributed by atoms with Crippen molar-refractivity contribution in [3.8, 4) is 11.5 Å². The van der Waals surface area contributed by atoms with E-state index in [1.54, 1.807) is 7.11 Å². The Labute approximate surface area is 119 Å². The Morgan fingerprint density at radius 1 is 0.950 bits per heavy atom. The fourth-order valence-corrected chi connectivity index (χ4v) is 2.53. The highest BCUT2D eigenvalue weighted by molar-refractivity contribution is 5.84. The van der Waals surface area contributed by atoms with E-state index in [0.29, 0.717) is 0 Å². The zero-order chi connectivity index (χ0) is 14.2. The van der Waals surface area contributed by atoms with Gasteiger partial charge in [0.05, 0.1) is 7.11 Å². The Kier molecular flexibility index (Phi) is 3.01. The second-order valence-electron chi connectivity index (χ2n) is 5.49. The normalized spacial score (nSPS) is 15.8. The minimum atomic E-state index is -0.302. The molecule has 2 heteroatoms. The summed E-state index contributed by atoms with van der Waals surface area (Å²) in [6.45, 7) is 4.15. The number of fused-ring (bicyclic) bond motifs is 1. The van der Waals surface area contributed by atoms with Gasteiger partial charge < -0.3 is 9.47 Å². The smallest absolute Gasteiger partial charge is 0.128 e. The molecule has 0 amide bonds. The molecule has 0 N–H and O–H groups in total. The zero-order valence-electron chi connectivity index (χ0n) is 12.0. The summed E-state index contributed by atoms with van der Waals surface area (Å²) in [6.07, 6.45) is 2.18. The number of ether oxygens (including phenoxy) is 2. The van der Waals surface area contributed by atoms with E-state index in [0.717, 1.165) is 17.1 Å². The molecule has 20 heavy (non-hydrogen) atoms. The molecule has 0 radical (unpaired) electrons. The summed E-state index contributed by atoms with van der Waals surface area (Å²) in [7, 11) is 1.68. The van der Waals surface area contributed by atoms with E-state index >= 15 is 0 Å². The van der Waals surface area contributed by atoms with Crippen LogP contribution in [0.15, 0.2) is 54.6 Å². The van der Waals surface area contributed by atoms with Crippen molar-refractivity contribution in [2.75, 3.05) is 7.11 Å². The van der Waals surface area contributed by atoms with Crippen LogP contribution in [-0.4, -0.2) is 12.7 Å². The molecule has 2 aromatic carbocycles. The van der Waals surface area contributed by atoms with Gasteiger partial charge >= 0.3 is 0 Å². The molecule has 0 saturated carbocycles. The lowest BCUT2D eigenvalue weighted by atomic mass is 9.90. The molecule has 1 heterocycles. The average Bonchev–Trinajstić information content (AvgIpc) is 2.45. The van der Waals surface area contributed by atoms with Crippen LogP contribution in [0.4, 0.5) is 0 Å². The van der Waals surface area contributed by atoms with Gasteiger partial charge in [0.15, 0.2) is 0 Å². The van der Waals surface area contributed by atoms with Gasteiger partial charge in [-0.05, 0) is 49.3 Å². The first-order valence-corrected chi connectivity index (χ1v) is 6.75. The Morgan fingerprint density at radius 3 is 2.35 bits per heavy atom. The van der Waals surface area contributed by atoms with Crippen molar-refractivity contribution in [2.24, 2.45) is 0 Å². The minimum Gasteiger partial charge on any atom is -0.497 e. The fourth-order valence-electron chi connectivity index (χ4n) is 2.53. The first kappa shape index (κ1) is 12.8. The van der Waals surface area contributed by atoms with E-state index in [2.05, 4.69) is 38.1 Å². The first-order valence-electron chi connectivity index (χ1n) is 6.75. The second kappa shape index (κ2) is 4.71. The highest BCUT2D eigenvalue weighted by atomic mass is 16.5. The molecule has 3 rings (SSSR count). The summed E-state index contributed by atoms with van der Waals surface area (Å²) in [6, 6.07) is 16.3. The summed E-state index contributed by atoms with van der Waals surface area (Å²) in [5.41, 5.74) is 3.22. The average molecular weight is 266 g/mol. The van der Waals surface area contributed by atoms with E-state index < -0.39 is 0 Å². The summed E-state index contributed by atoms with van der Waals surface area (Å²) in [5.74, 6) is 1.81. The van der Waals surface area contributed by atoms with Crippen LogP contribution in [0.25, 0.3) is 5.57 Å². The Balaban J connectivity index is 2.11. The van der Waals surface area contributed by atoms with E-state index in [9.17, 15) is 0 Å². The number of para-hydroxylation sites is 1. The maximum Gasteiger partial charge on any atom is 0.128 e. The van der Waals surface area contributed by atoms with E-state index in [1.165, 1.54) is 11.1 Å². The first-order chi connectivity index (χ1) is 9.59. The predicted molar refractivity (Wildman–Crippen MR) is 81.2 cm³/mol. The third-order valence-corrected chi connectivity index (χ3v) is 3.44. The van der Waals surface area contributed by atoms with Gasteiger partial charge in [0.2, 0.25) is 0 Å². The summed E-state index contributed by atoms with van der Waals surface area (Å²) in [4.78, 5) is 0. The van der Waals surface area contributed by atoms with Gasteiger partial charge in [-0.1, -0.05) is 30.3 Å². The molecule has 1 aliphatic rings. The molecule has 0 spiro atoms. The molecule has 0 saturated heterocycles. The molecule has 0 bridgehead atoms. The molecule has 0 fully saturated rings. The maximum atomic E-state index is 6.01. The van der Waals surface area contributed by atoms with Crippen molar-refractivity contribution in [3.05, 3.63) is 65.7 Å². The van der Waals surface area contributed by atoms with Gasteiger partial charge in [-0.25, -0.2) is 0 Å². The van der Waals surface area contributed by atoms with Crippen LogP contribution in [0.2, 0.25) is 0 Å². The minimum absolute atomic E-state index is 0.302. The van der Waals surface area contributed by atoms with Crippen molar-refractivity contribution in [1.29, 1.82) is 0 Å². The number of hydrogen-bond donors (Lipinski definition) is 0. The lowest BCUT2D eigenvalue weighted by Gasteiger charge is -2.31. The topological polar surface area (TPSA) is 18.5 Å². The molecule has 2 nitrogen and oxygen atoms in total. The highest BCUT2D eigenvalue weighted by Gasteiger charge is 2.26. The summed E-state index contributed by atoms with van der Waals surface area (Å²) >= 11 is 0. The third kappa shape index (κ3) is 2.29. The number of methoxy groups -OCH3 is 1. The van der Waals surface area contributed by atoms with Gasteiger partial charge in [0.1, 0.15) is 17.1 Å². The van der Waals surface area contributed by atoms with Crippen LogP contribution < -0.4 is 9.47 Å². The third-order valence-electron chi connectivity index (χ3n) is 3.44. The van der Waals surface area contributed by atoms with Crippen molar-refractivity contribution < 1.29 is 9.47 Å². The van der Waals surface area contributed by atoms with E-state index in [4.69, 9.17) is 9.47 Å². The lowest BCUT2D eigenvalue weighted by Crippen LogP contribution is -2.29. The monoisotopic (exact) mass is 266 g/mol. The number of hydrogen-bond acceptors (Lipinski definition) is 2. The predicted octanol–water partition coefficient (Wildman–Crippen LogP) is 4.30. The van der Waals surface area contributed by atoms with Crippen LogP contribution in [0, 0.1) is 0 Å². The molecule has 0 unspecified atom stereocenters. The molecular weight excluding hydrogens is 248 g/mol. The fraction of sp³-hybridized carbons (Fsp3) is 0.222. The Bertz CT molecular complexity index is 651. The number of benzene rings is 2. The van der Waals surface area contributed by atoms with Crippen molar-refractivity contribution in [3.63, 3.8) is 0 Å². The van der Waals surface area contributed by atoms with Gasteiger partial charge in [0.25, 0.3) is 0 Å². The Morgan fingerprint density at radius 2 is 1.65 bits per heavy atom. The molecular formula is C18H18O2. The second-order valence-corrected chi connectivity index (χ2v) is 5.49. The van der Waals surface area contributed by atoms with Crippen LogP contribution >= 0.6 is 0 Å². The molecule has 2 aromatic rings. The van der Waals surface area contributed by atoms with Crippen LogP contribution in [0.3, 0.4) is 0 Å². The van der Waals surface area contributed by atoms with E-state index in [-0.39, 0.29) is 5.60 Å². The zero-order valence-corrected chi connectivity index (χ0v) is 12.0. The summed E-state index contributed by atoms with van der Waals surface area (Å²) < 4.78 is 11.2. The lowest BCUT2D eigenvalue weighted by molar-refractivity contribution is 0.158. The van der Waals surface area contributed by atoms with Gasteiger partial charge in [0, 0.05) is 5.56 Å². The van der Waals surface area contributed by atoms with Crippen LogP contribution in [0.1, 0.15) is 25.0 Å². The molecule has 102 valence electrons. The van der Waals surface area contributed by atoms with Crippen molar-refractivity contribution in [2.45, 2.75) is 19.4 Å². The molecule has 0 aromatic heterocycles. The SMILES string of the molecule is COc1ccc(C2=CC(C)(C)Oc3ccccc32)cc1. The quantitative estimate of drug-likeness (QED) is 0.807. The standard InChI is InChI=1S/C18H18O2/c1-18(2)12-16(13-8-10-14(19-3)11-9-13)15-6-4-5-7-17(15)20-18/h4-12H,1-3H3. The van der Waals surface area contributed by atoms with Gasteiger partial charge in [-0.3, -0.25) is 0 Å². The number of rotatable bonds is 2. The molecule has 1 aliphatic heterocycles. The summed E-state index contributed by atoms with van der Waals surface area (Å²) in [5, 5.41) is 0. The van der Waals surface area contributed by atoms with Crippen molar-refractivity contribution in [1.82, 2.24) is 0 Å². The van der Waals surface area contributed by atoms with Crippen LogP contribution in [-0.2, 0) is 0 Å². The maximum absolute atomic E-state index is 6.01.